The Balaban J connectivity index is 1.94. The van der Waals surface area contributed by atoms with E-state index in [0.717, 1.165) is 29.8 Å². The second kappa shape index (κ2) is 5.42. The first-order valence-electron chi connectivity index (χ1n) is 8.76. The first-order valence-corrected chi connectivity index (χ1v) is 8.76. The van der Waals surface area contributed by atoms with Crippen molar-refractivity contribution in [3.8, 4) is 17.3 Å². The van der Waals surface area contributed by atoms with Crippen molar-refractivity contribution in [3.63, 3.8) is 0 Å². The molecule has 0 spiro atoms. The normalized spacial score (nSPS) is 27.9. The molecule has 0 saturated heterocycles. The van der Waals surface area contributed by atoms with Gasteiger partial charge in [0.25, 0.3) is 0 Å². The smallest absolute Gasteiger partial charge is 0.176 e. The molecule has 4 rings (SSSR count). The van der Waals surface area contributed by atoms with Crippen molar-refractivity contribution in [2.75, 3.05) is 0 Å². The summed E-state index contributed by atoms with van der Waals surface area (Å²) in [6.07, 6.45) is 3.73. The van der Waals surface area contributed by atoms with Crippen LogP contribution in [0, 0.1) is 23.2 Å². The van der Waals surface area contributed by atoms with Crippen molar-refractivity contribution in [3.05, 3.63) is 53.2 Å². The van der Waals surface area contributed by atoms with Crippen LogP contribution in [0.2, 0.25) is 0 Å². The number of aromatic nitrogens is 2. The molecule has 2 aliphatic rings. The van der Waals surface area contributed by atoms with Gasteiger partial charge in [-0.25, -0.2) is 0 Å². The summed E-state index contributed by atoms with van der Waals surface area (Å²) < 4.78 is 1.95. The largest absolute Gasteiger partial charge is 0.293 e. The third kappa shape index (κ3) is 2.12. The summed E-state index contributed by atoms with van der Waals surface area (Å²) in [5, 5.41) is 14.3. The van der Waals surface area contributed by atoms with Gasteiger partial charge < -0.3 is 0 Å². The number of allylic oxidation sites excluding steroid dienone is 2. The SMILES string of the molecule is CC1C(=O)C(C#N)=CC2(C)c3nn(C)c(-c4ccccc4)c3CCC12. The number of rotatable bonds is 1. The summed E-state index contributed by atoms with van der Waals surface area (Å²) in [5.41, 5.74) is 4.50. The average Bonchev–Trinajstić information content (AvgIpc) is 2.96. The minimum atomic E-state index is -0.364. The summed E-state index contributed by atoms with van der Waals surface area (Å²) >= 11 is 0. The van der Waals surface area contributed by atoms with Crippen molar-refractivity contribution >= 4 is 5.78 Å². The Labute approximate surface area is 147 Å². The van der Waals surface area contributed by atoms with Gasteiger partial charge in [0.05, 0.1) is 17.0 Å². The molecule has 0 aliphatic heterocycles. The minimum absolute atomic E-state index is 0.0207. The lowest BCUT2D eigenvalue weighted by molar-refractivity contribution is -0.121. The predicted octanol–water partition coefficient (Wildman–Crippen LogP) is 3.58. The third-order valence-electron chi connectivity index (χ3n) is 6.03. The highest BCUT2D eigenvalue weighted by Crippen LogP contribution is 2.50. The number of ketones is 1. The van der Waals surface area contributed by atoms with Gasteiger partial charge in [-0.05, 0) is 18.8 Å². The molecule has 0 N–H and O–H groups in total. The standard InChI is InChI=1S/C21H21N3O/c1-13-17-10-9-16-18(14-7-5-4-6-8-14)24(3)23-20(16)21(17,2)11-15(12-22)19(13)25/h4-8,11,13,17H,9-10H2,1-3H3. The molecule has 1 heterocycles. The maximum Gasteiger partial charge on any atom is 0.176 e. The van der Waals surface area contributed by atoms with Gasteiger partial charge in [0.15, 0.2) is 5.78 Å². The van der Waals surface area contributed by atoms with Crippen LogP contribution >= 0.6 is 0 Å². The van der Waals surface area contributed by atoms with E-state index >= 15 is 0 Å². The molecule has 4 heteroatoms. The fourth-order valence-corrected chi connectivity index (χ4v) is 4.80. The molecular formula is C21H21N3O. The van der Waals surface area contributed by atoms with Gasteiger partial charge in [-0.2, -0.15) is 10.4 Å². The number of hydrogen-bond acceptors (Lipinski definition) is 3. The van der Waals surface area contributed by atoms with Gasteiger partial charge in [0.1, 0.15) is 6.07 Å². The molecule has 1 aromatic carbocycles. The molecule has 0 saturated carbocycles. The zero-order valence-corrected chi connectivity index (χ0v) is 14.8. The highest BCUT2D eigenvalue weighted by atomic mass is 16.1. The monoisotopic (exact) mass is 331 g/mol. The molecule has 2 aromatic rings. The van der Waals surface area contributed by atoms with E-state index in [0.29, 0.717) is 0 Å². The predicted molar refractivity (Wildman–Crippen MR) is 95.7 cm³/mol. The first kappa shape index (κ1) is 15.8. The van der Waals surface area contributed by atoms with Crippen LogP contribution in [-0.2, 0) is 23.7 Å². The molecule has 4 nitrogen and oxygen atoms in total. The number of benzene rings is 1. The van der Waals surface area contributed by atoms with E-state index in [4.69, 9.17) is 5.10 Å². The zero-order valence-electron chi connectivity index (χ0n) is 14.8. The Kier molecular flexibility index (Phi) is 3.43. The second-order valence-electron chi connectivity index (χ2n) is 7.42. The summed E-state index contributed by atoms with van der Waals surface area (Å²) in [5.74, 6) is 0.0377. The van der Waals surface area contributed by atoms with Crippen LogP contribution in [0.5, 0.6) is 0 Å². The maximum atomic E-state index is 12.4. The van der Waals surface area contributed by atoms with Crippen LogP contribution in [0.1, 0.15) is 31.5 Å². The summed E-state index contributed by atoms with van der Waals surface area (Å²) in [6, 6.07) is 12.4. The number of fused-ring (bicyclic) bond motifs is 3. The van der Waals surface area contributed by atoms with Crippen LogP contribution in [0.25, 0.3) is 11.3 Å². The molecule has 3 unspecified atom stereocenters. The molecule has 3 atom stereocenters. The highest BCUT2D eigenvalue weighted by molar-refractivity contribution is 6.02. The number of carbonyl (C=O) groups is 1. The van der Waals surface area contributed by atoms with E-state index in [2.05, 4.69) is 25.1 Å². The number of Topliss-reactive ketones (excluding diaryl/α,β-unsaturated/α-hetero) is 1. The number of aryl methyl sites for hydroxylation is 1. The lowest BCUT2D eigenvalue weighted by Gasteiger charge is -2.44. The van der Waals surface area contributed by atoms with Crippen LogP contribution < -0.4 is 0 Å². The third-order valence-corrected chi connectivity index (χ3v) is 6.03. The average molecular weight is 331 g/mol. The van der Waals surface area contributed by atoms with Gasteiger partial charge in [-0.15, -0.1) is 0 Å². The van der Waals surface area contributed by atoms with E-state index in [1.54, 1.807) is 0 Å². The number of nitriles is 1. The van der Waals surface area contributed by atoms with Gasteiger partial charge in [-0.1, -0.05) is 50.3 Å². The van der Waals surface area contributed by atoms with E-state index in [1.165, 1.54) is 5.56 Å². The van der Waals surface area contributed by atoms with Crippen molar-refractivity contribution in [2.24, 2.45) is 18.9 Å². The molecule has 126 valence electrons. The molecule has 0 amide bonds. The summed E-state index contributed by atoms with van der Waals surface area (Å²) in [7, 11) is 1.98. The zero-order chi connectivity index (χ0) is 17.8. The number of carbonyl (C=O) groups excluding carboxylic acids is 1. The number of hydrogen-bond donors (Lipinski definition) is 0. The molecule has 25 heavy (non-hydrogen) atoms. The molecule has 2 aliphatic carbocycles. The Morgan fingerprint density at radius 3 is 2.72 bits per heavy atom. The lowest BCUT2D eigenvalue weighted by Crippen LogP contribution is -2.45. The Bertz CT molecular complexity index is 932. The maximum absolute atomic E-state index is 12.4. The Morgan fingerprint density at radius 2 is 2.04 bits per heavy atom. The second-order valence-corrected chi connectivity index (χ2v) is 7.42. The van der Waals surface area contributed by atoms with Crippen molar-refractivity contribution in [1.29, 1.82) is 5.26 Å². The Morgan fingerprint density at radius 1 is 1.32 bits per heavy atom. The van der Waals surface area contributed by atoms with E-state index in [1.807, 2.05) is 42.9 Å². The van der Waals surface area contributed by atoms with Crippen molar-refractivity contribution < 1.29 is 4.79 Å². The van der Waals surface area contributed by atoms with Crippen molar-refractivity contribution in [2.45, 2.75) is 32.1 Å². The van der Waals surface area contributed by atoms with Crippen LogP contribution in [0.3, 0.4) is 0 Å². The van der Waals surface area contributed by atoms with Gasteiger partial charge in [0, 0.05) is 29.5 Å². The molecule has 0 radical (unpaired) electrons. The molecule has 0 bridgehead atoms. The summed E-state index contributed by atoms with van der Waals surface area (Å²) in [6.45, 7) is 4.10. The van der Waals surface area contributed by atoms with Crippen LogP contribution in [0.15, 0.2) is 42.0 Å². The summed E-state index contributed by atoms with van der Waals surface area (Å²) in [4.78, 5) is 12.4. The van der Waals surface area contributed by atoms with E-state index in [9.17, 15) is 10.1 Å². The number of nitrogens with zero attached hydrogens (tertiary/aromatic N) is 3. The molecule has 1 aromatic heterocycles. The minimum Gasteiger partial charge on any atom is -0.293 e. The van der Waals surface area contributed by atoms with E-state index < -0.39 is 0 Å². The molecular weight excluding hydrogens is 310 g/mol. The quantitative estimate of drug-likeness (QED) is 0.802. The highest BCUT2D eigenvalue weighted by Gasteiger charge is 2.50. The van der Waals surface area contributed by atoms with Crippen LogP contribution in [0.4, 0.5) is 0 Å². The first-order chi connectivity index (χ1) is 12.0. The lowest BCUT2D eigenvalue weighted by atomic mass is 9.58. The fourth-order valence-electron chi connectivity index (χ4n) is 4.80. The fraction of sp³-hybridized carbons (Fsp3) is 0.381. The Hall–Kier alpha value is -2.67. The van der Waals surface area contributed by atoms with Gasteiger partial charge in [0.2, 0.25) is 0 Å². The topological polar surface area (TPSA) is 58.7 Å². The van der Waals surface area contributed by atoms with Gasteiger partial charge >= 0.3 is 0 Å². The van der Waals surface area contributed by atoms with Gasteiger partial charge in [-0.3, -0.25) is 9.48 Å². The van der Waals surface area contributed by atoms with Crippen LogP contribution in [-0.4, -0.2) is 15.6 Å². The van der Waals surface area contributed by atoms with E-state index in [-0.39, 0.29) is 28.6 Å². The molecule has 0 fully saturated rings. The van der Waals surface area contributed by atoms with Crippen molar-refractivity contribution in [1.82, 2.24) is 9.78 Å².